The van der Waals surface area contributed by atoms with Crippen molar-refractivity contribution in [3.63, 3.8) is 0 Å². The van der Waals surface area contributed by atoms with Gasteiger partial charge >= 0.3 is 0 Å². The van der Waals surface area contributed by atoms with Crippen LogP contribution in [0.2, 0.25) is 0 Å². The molecule has 1 aliphatic carbocycles. The van der Waals surface area contributed by atoms with Crippen LogP contribution in [0.15, 0.2) is 52.1 Å². The van der Waals surface area contributed by atoms with E-state index < -0.39 is 5.91 Å². The molecule has 2 aromatic rings. The van der Waals surface area contributed by atoms with Crippen LogP contribution < -0.4 is 14.2 Å². The Kier molecular flexibility index (Phi) is 8.91. The monoisotopic (exact) mass is 658 g/mol. The first kappa shape index (κ1) is 27.7. The second-order valence-corrected chi connectivity index (χ2v) is 11.7. The minimum atomic E-state index is -0.454. The lowest BCUT2D eigenvalue weighted by Crippen LogP contribution is -2.35. The topological polar surface area (TPSA) is 96.6 Å². The van der Waals surface area contributed by atoms with Gasteiger partial charge in [0.25, 0.3) is 5.91 Å². The summed E-state index contributed by atoms with van der Waals surface area (Å²) in [7, 11) is 1.58. The van der Waals surface area contributed by atoms with Gasteiger partial charge in [0, 0.05) is 0 Å². The number of hydrogen-bond donors (Lipinski definition) is 1. The number of carbonyl (C=O) groups is 1. The molecule has 0 atom stereocenters. The van der Waals surface area contributed by atoms with Crippen molar-refractivity contribution in [1.82, 2.24) is 5.01 Å². The van der Waals surface area contributed by atoms with Gasteiger partial charge < -0.3 is 14.2 Å². The number of nitrogens with one attached hydrogen (secondary N) is 1. The van der Waals surface area contributed by atoms with Gasteiger partial charge in [-0.25, -0.2) is 0 Å². The van der Waals surface area contributed by atoms with Crippen molar-refractivity contribution in [3.05, 3.63) is 56.7 Å². The standard InChI is InChI=1S/C29H31IN4O4S/c1-3-25-33-34-27(31)22(28(35)32-29(34)39-25)15-18-16-23(30)26(24(17-18)36-2)38-14-13-37-21-11-9-20(10-12-21)19-7-5-4-6-8-19/h9-12,15-17,19,31H,3-8,13-14H2,1-2H3/b22-15+,31-27?. The average Bonchev–Trinajstić information content (AvgIpc) is 3.38. The Labute approximate surface area is 246 Å². The number of hydrazone groups is 1. The number of methoxy groups -OCH3 is 1. The molecule has 2 heterocycles. The number of ether oxygens (including phenoxy) is 3. The molecular formula is C29H31IN4O4S. The van der Waals surface area contributed by atoms with E-state index in [4.69, 9.17) is 19.6 Å². The maximum Gasteiger partial charge on any atom is 0.283 e. The van der Waals surface area contributed by atoms with Crippen LogP contribution in [-0.2, 0) is 4.79 Å². The molecule has 8 nitrogen and oxygen atoms in total. The van der Waals surface area contributed by atoms with Crippen LogP contribution in [0.5, 0.6) is 17.2 Å². The molecule has 0 unspecified atom stereocenters. The van der Waals surface area contributed by atoms with Crippen molar-refractivity contribution in [2.24, 2.45) is 10.1 Å². The summed E-state index contributed by atoms with van der Waals surface area (Å²) in [4.78, 5) is 16.8. The number of hydrogen-bond acceptors (Lipinski definition) is 7. The van der Waals surface area contributed by atoms with Crippen molar-refractivity contribution in [3.8, 4) is 17.2 Å². The lowest BCUT2D eigenvalue weighted by atomic mass is 9.84. The molecule has 10 heteroatoms. The van der Waals surface area contributed by atoms with Crippen molar-refractivity contribution in [2.75, 3.05) is 20.3 Å². The normalized spacial score (nSPS) is 18.6. The van der Waals surface area contributed by atoms with E-state index in [-0.39, 0.29) is 11.4 Å². The number of rotatable bonds is 9. The third-order valence-corrected chi connectivity index (χ3v) is 8.77. The summed E-state index contributed by atoms with van der Waals surface area (Å²) in [6, 6.07) is 12.1. The van der Waals surface area contributed by atoms with E-state index in [9.17, 15) is 4.79 Å². The summed E-state index contributed by atoms with van der Waals surface area (Å²) in [5.74, 6) is 2.21. The molecular weight excluding hydrogens is 627 g/mol. The first-order chi connectivity index (χ1) is 19.0. The molecule has 1 fully saturated rings. The maximum atomic E-state index is 12.7. The Morgan fingerprint density at radius 2 is 1.87 bits per heavy atom. The molecule has 0 spiro atoms. The number of aliphatic imine (C=N–C) groups is 1. The van der Waals surface area contributed by atoms with Gasteiger partial charge in [-0.1, -0.05) is 38.3 Å². The molecule has 3 aliphatic rings. The Morgan fingerprint density at radius 3 is 2.59 bits per heavy atom. The van der Waals surface area contributed by atoms with E-state index in [0.29, 0.717) is 41.4 Å². The fourth-order valence-corrected chi connectivity index (χ4v) is 6.49. The molecule has 2 aromatic carbocycles. The molecule has 0 bridgehead atoms. The largest absolute Gasteiger partial charge is 0.493 e. The zero-order chi connectivity index (χ0) is 27.4. The van der Waals surface area contributed by atoms with Crippen LogP contribution in [0.3, 0.4) is 0 Å². The molecule has 1 N–H and O–H groups in total. The zero-order valence-corrected chi connectivity index (χ0v) is 25.0. The predicted molar refractivity (Wildman–Crippen MR) is 164 cm³/mol. The third kappa shape index (κ3) is 6.32. The van der Waals surface area contributed by atoms with Crippen LogP contribution in [0, 0.1) is 8.98 Å². The number of thioether (sulfide) groups is 1. The highest BCUT2D eigenvalue weighted by atomic mass is 127. The fraction of sp³-hybridized carbons (Fsp3) is 0.379. The number of carbonyl (C=O) groups excluding carboxylic acids is 1. The Bertz CT molecular complexity index is 1350. The first-order valence-corrected chi connectivity index (χ1v) is 15.1. The number of nitrogens with zero attached hydrogens (tertiary/aromatic N) is 3. The quantitative estimate of drug-likeness (QED) is 0.180. The minimum Gasteiger partial charge on any atom is -0.493 e. The summed E-state index contributed by atoms with van der Waals surface area (Å²) >= 11 is 3.51. The van der Waals surface area contributed by atoms with Crippen molar-refractivity contribution < 1.29 is 19.0 Å². The van der Waals surface area contributed by atoms with Crippen LogP contribution >= 0.6 is 34.4 Å². The van der Waals surface area contributed by atoms with Gasteiger partial charge in [0.1, 0.15) is 24.0 Å². The molecule has 2 aliphatic heterocycles. The molecule has 0 saturated heterocycles. The van der Waals surface area contributed by atoms with Gasteiger partial charge in [0.15, 0.2) is 17.3 Å². The maximum absolute atomic E-state index is 12.7. The molecule has 204 valence electrons. The molecule has 1 amide bonds. The Morgan fingerprint density at radius 1 is 1.13 bits per heavy atom. The number of benzene rings is 2. The van der Waals surface area contributed by atoms with Gasteiger partial charge in [-0.2, -0.15) is 15.1 Å². The van der Waals surface area contributed by atoms with Crippen LogP contribution in [-0.4, -0.2) is 47.3 Å². The lowest BCUT2D eigenvalue weighted by Gasteiger charge is -2.22. The number of halogens is 1. The second-order valence-electron chi connectivity index (χ2n) is 9.50. The highest BCUT2D eigenvalue weighted by Gasteiger charge is 2.35. The molecule has 0 radical (unpaired) electrons. The Balaban J connectivity index is 1.22. The smallest absolute Gasteiger partial charge is 0.283 e. The van der Waals surface area contributed by atoms with E-state index in [1.807, 2.05) is 25.1 Å². The third-order valence-electron chi connectivity index (χ3n) is 6.92. The van der Waals surface area contributed by atoms with E-state index in [2.05, 4.69) is 44.8 Å². The molecule has 1 saturated carbocycles. The zero-order valence-electron chi connectivity index (χ0n) is 22.0. The van der Waals surface area contributed by atoms with Crippen molar-refractivity contribution >= 4 is 62.4 Å². The summed E-state index contributed by atoms with van der Waals surface area (Å²) in [5.41, 5.74) is 2.29. The highest BCUT2D eigenvalue weighted by molar-refractivity contribution is 14.1. The van der Waals surface area contributed by atoms with E-state index in [1.54, 1.807) is 19.3 Å². The van der Waals surface area contributed by atoms with Crippen LogP contribution in [0.4, 0.5) is 0 Å². The summed E-state index contributed by atoms with van der Waals surface area (Å²) in [5, 5.41) is 15.6. The molecule has 39 heavy (non-hydrogen) atoms. The first-order valence-electron chi connectivity index (χ1n) is 13.2. The van der Waals surface area contributed by atoms with Gasteiger partial charge in [0.2, 0.25) is 5.17 Å². The lowest BCUT2D eigenvalue weighted by molar-refractivity contribution is -0.114. The number of amides is 1. The summed E-state index contributed by atoms with van der Waals surface area (Å²) in [6.07, 6.45) is 8.93. The fourth-order valence-electron chi connectivity index (χ4n) is 4.88. The Hall–Kier alpha value is -2.86. The number of fused-ring (bicyclic) bond motifs is 1. The van der Waals surface area contributed by atoms with E-state index >= 15 is 0 Å². The van der Waals surface area contributed by atoms with Crippen LogP contribution in [0.1, 0.15) is 62.5 Å². The molecule has 0 aromatic heterocycles. The van der Waals surface area contributed by atoms with Gasteiger partial charge in [-0.3, -0.25) is 10.2 Å². The predicted octanol–water partition coefficient (Wildman–Crippen LogP) is 6.83. The van der Waals surface area contributed by atoms with E-state index in [0.717, 1.165) is 20.8 Å². The highest BCUT2D eigenvalue weighted by Crippen LogP contribution is 2.36. The summed E-state index contributed by atoms with van der Waals surface area (Å²) < 4.78 is 18.4. The summed E-state index contributed by atoms with van der Waals surface area (Å²) in [6.45, 7) is 2.72. The SMILES string of the molecule is CCC1=NN2C(=N)/C(=C\c3cc(I)c(OCCOc4ccc(C5CCCCC5)cc4)c(OC)c3)C(=O)N=C2S1. The van der Waals surface area contributed by atoms with Crippen molar-refractivity contribution in [1.29, 1.82) is 5.41 Å². The van der Waals surface area contributed by atoms with Crippen molar-refractivity contribution in [2.45, 2.75) is 51.4 Å². The minimum absolute atomic E-state index is 0.0131. The molecule has 5 rings (SSSR count). The van der Waals surface area contributed by atoms with Crippen LogP contribution in [0.25, 0.3) is 6.08 Å². The second kappa shape index (κ2) is 12.5. The number of amidine groups is 2. The van der Waals surface area contributed by atoms with Gasteiger partial charge in [0.05, 0.1) is 16.3 Å². The van der Waals surface area contributed by atoms with E-state index in [1.165, 1.54) is 54.4 Å². The van der Waals surface area contributed by atoms with Gasteiger partial charge in [-0.15, -0.1) is 0 Å². The average molecular weight is 659 g/mol. The van der Waals surface area contributed by atoms with Gasteiger partial charge in [-0.05, 0) is 101 Å².